The second kappa shape index (κ2) is 8.97. The lowest BCUT2D eigenvalue weighted by Gasteiger charge is -2.10. The van der Waals surface area contributed by atoms with E-state index in [4.69, 9.17) is 0 Å². The summed E-state index contributed by atoms with van der Waals surface area (Å²) in [6, 6.07) is 17.5. The molecule has 0 unspecified atom stereocenters. The van der Waals surface area contributed by atoms with Crippen molar-refractivity contribution in [1.82, 2.24) is 24.9 Å². The highest BCUT2D eigenvalue weighted by molar-refractivity contribution is 9.10. The van der Waals surface area contributed by atoms with Gasteiger partial charge in [-0.1, -0.05) is 58.0 Å². The van der Waals surface area contributed by atoms with Crippen molar-refractivity contribution >= 4 is 39.4 Å². The van der Waals surface area contributed by atoms with Gasteiger partial charge in [0.1, 0.15) is 0 Å². The minimum absolute atomic E-state index is 0.0951. The number of halogens is 1. The molecule has 4 aromatic rings. The molecule has 0 saturated heterocycles. The van der Waals surface area contributed by atoms with Gasteiger partial charge in [-0.25, -0.2) is 9.50 Å². The molecular weight excluding hydrogens is 462 g/mol. The zero-order valence-electron chi connectivity index (χ0n) is 16.6. The lowest BCUT2D eigenvalue weighted by Crippen LogP contribution is -2.23. The predicted molar refractivity (Wildman–Crippen MR) is 122 cm³/mol. The topological polar surface area (TPSA) is 72.2 Å². The van der Waals surface area contributed by atoms with Crippen molar-refractivity contribution in [1.29, 1.82) is 0 Å². The molecule has 6 nitrogen and oxygen atoms in total. The lowest BCUT2D eigenvalue weighted by atomic mass is 10.1. The smallest absolute Gasteiger partial charge is 0.253 e. The molecule has 8 heteroatoms. The standard InChI is InChI=1S/C22H20BrN5OS/c1-14-10-15(2)28-21(25-14)26-22(27-28)30-13-17-7-3-4-9-19(17)20(29)24-12-16-6-5-8-18(23)11-16/h3-11H,12-13H2,1-2H3,(H,24,29). The van der Waals surface area contributed by atoms with Crippen LogP contribution in [0.4, 0.5) is 0 Å². The molecule has 30 heavy (non-hydrogen) atoms. The summed E-state index contributed by atoms with van der Waals surface area (Å²) < 4.78 is 2.73. The van der Waals surface area contributed by atoms with E-state index in [0.717, 1.165) is 27.0 Å². The van der Waals surface area contributed by atoms with Gasteiger partial charge in [-0.15, -0.1) is 5.10 Å². The molecule has 0 aliphatic rings. The van der Waals surface area contributed by atoms with Crippen molar-refractivity contribution in [2.45, 2.75) is 31.3 Å². The second-order valence-electron chi connectivity index (χ2n) is 6.90. The number of hydrogen-bond acceptors (Lipinski definition) is 5. The highest BCUT2D eigenvalue weighted by atomic mass is 79.9. The van der Waals surface area contributed by atoms with E-state index in [1.54, 1.807) is 4.52 Å². The first-order valence-corrected chi connectivity index (χ1v) is 11.2. The van der Waals surface area contributed by atoms with Gasteiger partial charge in [0.05, 0.1) is 0 Å². The van der Waals surface area contributed by atoms with Crippen LogP contribution >= 0.6 is 27.7 Å². The van der Waals surface area contributed by atoms with Gasteiger partial charge in [-0.3, -0.25) is 4.79 Å². The van der Waals surface area contributed by atoms with Crippen LogP contribution in [0.2, 0.25) is 0 Å². The molecule has 0 fully saturated rings. The van der Waals surface area contributed by atoms with Crippen LogP contribution in [0.3, 0.4) is 0 Å². The highest BCUT2D eigenvalue weighted by Crippen LogP contribution is 2.23. The molecule has 1 amide bonds. The fourth-order valence-electron chi connectivity index (χ4n) is 3.14. The van der Waals surface area contributed by atoms with Crippen LogP contribution in [0.15, 0.2) is 64.2 Å². The third-order valence-electron chi connectivity index (χ3n) is 4.56. The largest absolute Gasteiger partial charge is 0.348 e. The molecule has 1 N–H and O–H groups in total. The average Bonchev–Trinajstić information content (AvgIpc) is 3.14. The monoisotopic (exact) mass is 481 g/mol. The molecule has 152 valence electrons. The van der Waals surface area contributed by atoms with E-state index in [-0.39, 0.29) is 5.91 Å². The first kappa shape index (κ1) is 20.6. The van der Waals surface area contributed by atoms with Crippen molar-refractivity contribution in [3.05, 3.63) is 87.1 Å². The maximum atomic E-state index is 12.8. The summed E-state index contributed by atoms with van der Waals surface area (Å²) >= 11 is 4.95. The van der Waals surface area contributed by atoms with E-state index in [1.165, 1.54) is 11.8 Å². The Hall–Kier alpha value is -2.71. The highest BCUT2D eigenvalue weighted by Gasteiger charge is 2.13. The Labute approximate surface area is 187 Å². The summed E-state index contributed by atoms with van der Waals surface area (Å²) in [4.78, 5) is 21.7. The Balaban J connectivity index is 1.46. The first-order valence-electron chi connectivity index (χ1n) is 9.44. The van der Waals surface area contributed by atoms with Gasteiger partial charge < -0.3 is 5.32 Å². The zero-order valence-corrected chi connectivity index (χ0v) is 19.0. The Kier molecular flexibility index (Phi) is 6.15. The van der Waals surface area contributed by atoms with Crippen LogP contribution in [0.1, 0.15) is 32.9 Å². The lowest BCUT2D eigenvalue weighted by molar-refractivity contribution is 0.0950. The summed E-state index contributed by atoms with van der Waals surface area (Å²) in [5.74, 6) is 1.09. The molecule has 0 bridgehead atoms. The van der Waals surface area contributed by atoms with E-state index >= 15 is 0 Å². The number of hydrogen-bond donors (Lipinski definition) is 1. The quantitative estimate of drug-likeness (QED) is 0.403. The summed E-state index contributed by atoms with van der Waals surface area (Å²) in [5, 5.41) is 8.17. The number of nitrogens with zero attached hydrogens (tertiary/aromatic N) is 4. The Bertz CT molecular complexity index is 1220. The Morgan fingerprint density at radius 3 is 2.77 bits per heavy atom. The molecule has 0 spiro atoms. The first-order chi connectivity index (χ1) is 14.5. The fourth-order valence-corrected chi connectivity index (χ4v) is 4.41. The van der Waals surface area contributed by atoms with Crippen molar-refractivity contribution in [2.24, 2.45) is 0 Å². The van der Waals surface area contributed by atoms with Crippen molar-refractivity contribution in [3.63, 3.8) is 0 Å². The van der Waals surface area contributed by atoms with Gasteiger partial charge >= 0.3 is 0 Å². The number of aromatic nitrogens is 4. The van der Waals surface area contributed by atoms with E-state index in [2.05, 4.69) is 36.3 Å². The Morgan fingerprint density at radius 1 is 1.10 bits per heavy atom. The summed E-state index contributed by atoms with van der Waals surface area (Å²) in [6.45, 7) is 4.39. The normalized spacial score (nSPS) is 11.0. The number of nitrogens with one attached hydrogen (secondary N) is 1. The molecule has 2 aromatic heterocycles. The molecule has 4 rings (SSSR count). The molecule has 0 atom stereocenters. The molecule has 2 aromatic carbocycles. The van der Waals surface area contributed by atoms with Gasteiger partial charge in [0.15, 0.2) is 0 Å². The minimum Gasteiger partial charge on any atom is -0.348 e. The van der Waals surface area contributed by atoms with Crippen LogP contribution in [-0.4, -0.2) is 25.5 Å². The van der Waals surface area contributed by atoms with E-state index < -0.39 is 0 Å². The van der Waals surface area contributed by atoms with Gasteiger partial charge in [0, 0.05) is 33.7 Å². The van der Waals surface area contributed by atoms with Crippen molar-refractivity contribution in [3.8, 4) is 0 Å². The van der Waals surface area contributed by atoms with Crippen LogP contribution in [0.25, 0.3) is 5.78 Å². The summed E-state index contributed by atoms with van der Waals surface area (Å²) in [7, 11) is 0. The second-order valence-corrected chi connectivity index (χ2v) is 8.76. The number of aryl methyl sites for hydroxylation is 2. The third kappa shape index (κ3) is 4.71. The van der Waals surface area contributed by atoms with Crippen LogP contribution < -0.4 is 5.32 Å². The molecule has 0 aliphatic heterocycles. The number of thioether (sulfide) groups is 1. The average molecular weight is 482 g/mol. The SMILES string of the molecule is Cc1cc(C)n2nc(SCc3ccccc3C(=O)NCc3cccc(Br)c3)nc2n1. The van der Waals surface area contributed by atoms with Crippen LogP contribution in [0.5, 0.6) is 0 Å². The molecular formula is C22H20BrN5OS. The number of fused-ring (bicyclic) bond motifs is 1. The van der Waals surface area contributed by atoms with Gasteiger partial charge in [-0.2, -0.15) is 4.98 Å². The maximum Gasteiger partial charge on any atom is 0.253 e. The number of carbonyl (C=O) groups is 1. The van der Waals surface area contributed by atoms with E-state index in [1.807, 2.05) is 68.4 Å². The number of amides is 1. The van der Waals surface area contributed by atoms with Gasteiger partial charge in [0.2, 0.25) is 5.16 Å². The van der Waals surface area contributed by atoms with Gasteiger partial charge in [0.25, 0.3) is 11.7 Å². The van der Waals surface area contributed by atoms with Gasteiger partial charge in [-0.05, 0) is 49.2 Å². The predicted octanol–water partition coefficient (Wildman–Crippen LogP) is 4.73. The van der Waals surface area contributed by atoms with E-state index in [9.17, 15) is 4.79 Å². The molecule has 2 heterocycles. The fraction of sp³-hybridized carbons (Fsp3) is 0.182. The maximum absolute atomic E-state index is 12.8. The van der Waals surface area contributed by atoms with Crippen molar-refractivity contribution < 1.29 is 4.79 Å². The summed E-state index contributed by atoms with van der Waals surface area (Å²) in [5.41, 5.74) is 4.54. The molecule has 0 saturated carbocycles. The molecule has 0 aliphatic carbocycles. The summed E-state index contributed by atoms with van der Waals surface area (Å²) in [6.07, 6.45) is 0. The number of carbonyl (C=O) groups excluding carboxylic acids is 1. The minimum atomic E-state index is -0.0951. The molecule has 0 radical (unpaired) electrons. The van der Waals surface area contributed by atoms with Crippen LogP contribution in [-0.2, 0) is 12.3 Å². The number of rotatable bonds is 6. The zero-order chi connectivity index (χ0) is 21.1. The van der Waals surface area contributed by atoms with E-state index in [0.29, 0.717) is 28.8 Å². The third-order valence-corrected chi connectivity index (χ3v) is 5.94. The van der Waals surface area contributed by atoms with Crippen LogP contribution in [0, 0.1) is 13.8 Å². The number of benzene rings is 2. The Morgan fingerprint density at radius 2 is 1.93 bits per heavy atom. The van der Waals surface area contributed by atoms with Crippen molar-refractivity contribution in [2.75, 3.05) is 0 Å².